The molecule has 6 nitrogen and oxygen atoms in total. The van der Waals surface area contributed by atoms with Crippen molar-refractivity contribution < 1.29 is 13.2 Å². The minimum Gasteiger partial charge on any atom is -0.301 e. The molecule has 1 aromatic heterocycles. The number of aromatic nitrogens is 1. The van der Waals surface area contributed by atoms with Crippen LogP contribution in [-0.2, 0) is 14.8 Å². The van der Waals surface area contributed by atoms with Crippen LogP contribution in [0.2, 0.25) is 5.02 Å². The molecule has 1 heterocycles. The first kappa shape index (κ1) is 17.9. The second kappa shape index (κ2) is 7.39. The van der Waals surface area contributed by atoms with E-state index in [0.717, 1.165) is 0 Å². The van der Waals surface area contributed by atoms with E-state index in [4.69, 9.17) is 11.6 Å². The van der Waals surface area contributed by atoms with Crippen molar-refractivity contribution in [1.82, 2.24) is 9.71 Å². The van der Waals surface area contributed by atoms with Gasteiger partial charge in [0, 0.05) is 16.6 Å². The van der Waals surface area contributed by atoms with Gasteiger partial charge in [-0.15, -0.1) is 11.3 Å². The topological polar surface area (TPSA) is 88.2 Å². The van der Waals surface area contributed by atoms with Crippen LogP contribution in [0, 0.1) is 5.92 Å². The highest BCUT2D eigenvalue weighted by Crippen LogP contribution is 2.18. The Morgan fingerprint density at radius 1 is 1.35 bits per heavy atom. The Hall–Kier alpha value is -1.48. The van der Waals surface area contributed by atoms with Crippen molar-refractivity contribution in [2.45, 2.75) is 24.8 Å². The third-order valence-corrected chi connectivity index (χ3v) is 5.36. The lowest BCUT2D eigenvalue weighted by Gasteiger charge is -2.21. The second-order valence-electron chi connectivity index (χ2n) is 5.13. The Balaban J connectivity index is 2.20. The summed E-state index contributed by atoms with van der Waals surface area (Å²) in [6, 6.07) is 4.94. The van der Waals surface area contributed by atoms with Gasteiger partial charge in [-0.3, -0.25) is 4.79 Å². The average molecular weight is 374 g/mol. The first-order chi connectivity index (χ1) is 10.8. The van der Waals surface area contributed by atoms with Crippen molar-refractivity contribution in [3.63, 3.8) is 0 Å². The van der Waals surface area contributed by atoms with Crippen molar-refractivity contribution in [3.05, 3.63) is 40.9 Å². The highest BCUT2D eigenvalue weighted by Gasteiger charge is 2.28. The van der Waals surface area contributed by atoms with Gasteiger partial charge in [-0.05, 0) is 24.1 Å². The number of halogens is 1. The van der Waals surface area contributed by atoms with Crippen LogP contribution in [0.1, 0.15) is 13.8 Å². The number of thiazole rings is 1. The number of rotatable bonds is 6. The number of nitrogens with one attached hydrogen (secondary N) is 2. The molecular formula is C14H16ClN3O3S2. The van der Waals surface area contributed by atoms with Crippen LogP contribution >= 0.6 is 22.9 Å². The summed E-state index contributed by atoms with van der Waals surface area (Å²) in [4.78, 5) is 16.3. The number of hydrogen-bond donors (Lipinski definition) is 2. The van der Waals surface area contributed by atoms with Crippen LogP contribution in [-0.4, -0.2) is 25.4 Å². The summed E-state index contributed by atoms with van der Waals surface area (Å²) in [5, 5.41) is 5.05. The van der Waals surface area contributed by atoms with E-state index in [1.165, 1.54) is 29.5 Å². The van der Waals surface area contributed by atoms with Gasteiger partial charge >= 0.3 is 0 Å². The zero-order valence-corrected chi connectivity index (χ0v) is 14.9. The van der Waals surface area contributed by atoms with Crippen LogP contribution < -0.4 is 10.0 Å². The van der Waals surface area contributed by atoms with Crippen molar-refractivity contribution in [3.8, 4) is 0 Å². The zero-order valence-electron chi connectivity index (χ0n) is 12.5. The van der Waals surface area contributed by atoms with Gasteiger partial charge < -0.3 is 5.32 Å². The molecule has 0 aliphatic heterocycles. The zero-order chi connectivity index (χ0) is 17.0. The number of amides is 1. The summed E-state index contributed by atoms with van der Waals surface area (Å²) in [5.74, 6) is -0.704. The predicted octanol–water partition coefficient (Wildman–Crippen LogP) is 2.74. The van der Waals surface area contributed by atoms with Gasteiger partial charge in [0.15, 0.2) is 5.13 Å². The van der Waals surface area contributed by atoms with E-state index in [0.29, 0.717) is 10.2 Å². The molecule has 0 radical (unpaired) electrons. The maximum atomic E-state index is 12.4. The van der Waals surface area contributed by atoms with E-state index < -0.39 is 22.0 Å². The van der Waals surface area contributed by atoms with Crippen LogP contribution in [0.4, 0.5) is 5.13 Å². The maximum absolute atomic E-state index is 12.4. The van der Waals surface area contributed by atoms with E-state index >= 15 is 0 Å². The fraction of sp³-hybridized carbons (Fsp3) is 0.286. The van der Waals surface area contributed by atoms with E-state index in [2.05, 4.69) is 15.0 Å². The summed E-state index contributed by atoms with van der Waals surface area (Å²) < 4.78 is 27.3. The first-order valence-electron chi connectivity index (χ1n) is 6.78. The maximum Gasteiger partial charge on any atom is 0.244 e. The number of carbonyl (C=O) groups is 1. The van der Waals surface area contributed by atoms with E-state index in [-0.39, 0.29) is 10.8 Å². The van der Waals surface area contributed by atoms with Crippen LogP contribution in [0.3, 0.4) is 0 Å². The molecule has 0 spiro atoms. The SMILES string of the molecule is CC(C)[C@H](NS(=O)(=O)c1cccc(Cl)c1)C(=O)Nc1nccs1. The highest BCUT2D eigenvalue weighted by atomic mass is 35.5. The van der Waals surface area contributed by atoms with Crippen LogP contribution in [0.15, 0.2) is 40.7 Å². The van der Waals surface area contributed by atoms with Gasteiger partial charge in [-0.2, -0.15) is 4.72 Å². The number of anilines is 1. The molecule has 0 saturated carbocycles. The monoisotopic (exact) mass is 373 g/mol. The van der Waals surface area contributed by atoms with Crippen molar-refractivity contribution >= 4 is 44.0 Å². The summed E-state index contributed by atoms with van der Waals surface area (Å²) in [6.07, 6.45) is 1.56. The van der Waals surface area contributed by atoms with Gasteiger partial charge in [-0.1, -0.05) is 31.5 Å². The molecule has 9 heteroatoms. The minimum absolute atomic E-state index is 0.0118. The summed E-state index contributed by atoms with van der Waals surface area (Å²) in [6.45, 7) is 3.51. The molecule has 23 heavy (non-hydrogen) atoms. The van der Waals surface area contributed by atoms with E-state index in [1.54, 1.807) is 31.5 Å². The summed E-state index contributed by atoms with van der Waals surface area (Å²) in [5.41, 5.74) is 0. The van der Waals surface area contributed by atoms with Gasteiger partial charge in [0.05, 0.1) is 4.90 Å². The standard InChI is InChI=1S/C14H16ClN3O3S2/c1-9(2)12(13(19)17-14-16-6-7-22-14)18-23(20,21)11-5-3-4-10(15)8-11/h3-9,12,18H,1-2H3,(H,16,17,19)/t12-/m0/s1. The largest absolute Gasteiger partial charge is 0.301 e. The van der Waals surface area contributed by atoms with Gasteiger partial charge in [-0.25, -0.2) is 13.4 Å². The van der Waals surface area contributed by atoms with Crippen molar-refractivity contribution in [1.29, 1.82) is 0 Å². The Kier molecular flexibility index (Phi) is 5.74. The molecule has 1 amide bonds. The number of carbonyl (C=O) groups excluding carboxylic acids is 1. The lowest BCUT2D eigenvalue weighted by molar-refractivity contribution is -0.118. The molecule has 0 fully saturated rings. The Morgan fingerprint density at radius 2 is 2.09 bits per heavy atom. The molecule has 1 aromatic carbocycles. The molecule has 0 bridgehead atoms. The number of sulfonamides is 1. The second-order valence-corrected chi connectivity index (χ2v) is 8.17. The van der Waals surface area contributed by atoms with Crippen molar-refractivity contribution in [2.24, 2.45) is 5.92 Å². The molecule has 124 valence electrons. The van der Waals surface area contributed by atoms with Gasteiger partial charge in [0.1, 0.15) is 6.04 Å². The van der Waals surface area contributed by atoms with E-state index in [9.17, 15) is 13.2 Å². The van der Waals surface area contributed by atoms with Gasteiger partial charge in [0.2, 0.25) is 15.9 Å². The van der Waals surface area contributed by atoms with Gasteiger partial charge in [0.25, 0.3) is 0 Å². The minimum atomic E-state index is -3.86. The summed E-state index contributed by atoms with van der Waals surface area (Å²) in [7, 11) is -3.86. The Bertz CT molecular complexity index is 776. The quantitative estimate of drug-likeness (QED) is 0.814. The summed E-state index contributed by atoms with van der Waals surface area (Å²) >= 11 is 7.09. The molecule has 0 aliphatic carbocycles. The normalized spacial score (nSPS) is 13.0. The lowest BCUT2D eigenvalue weighted by atomic mass is 10.1. The van der Waals surface area contributed by atoms with E-state index in [1.807, 2.05) is 0 Å². The molecular weight excluding hydrogens is 358 g/mol. The molecule has 0 unspecified atom stereocenters. The van der Waals surface area contributed by atoms with Crippen LogP contribution in [0.5, 0.6) is 0 Å². The lowest BCUT2D eigenvalue weighted by Crippen LogP contribution is -2.47. The van der Waals surface area contributed by atoms with Crippen molar-refractivity contribution in [2.75, 3.05) is 5.32 Å². The first-order valence-corrected chi connectivity index (χ1v) is 9.52. The van der Waals surface area contributed by atoms with Crippen LogP contribution in [0.25, 0.3) is 0 Å². The molecule has 2 rings (SSSR count). The number of nitrogens with zero attached hydrogens (tertiary/aromatic N) is 1. The molecule has 0 aliphatic rings. The molecule has 2 N–H and O–H groups in total. The average Bonchev–Trinajstić information content (AvgIpc) is 2.97. The number of benzene rings is 1. The Labute approximate surface area is 143 Å². The molecule has 1 atom stereocenters. The predicted molar refractivity (Wildman–Crippen MR) is 91.1 cm³/mol. The molecule has 0 saturated heterocycles. The third kappa shape index (κ3) is 4.74. The highest BCUT2D eigenvalue weighted by molar-refractivity contribution is 7.89. The fourth-order valence-electron chi connectivity index (χ4n) is 1.83. The smallest absolute Gasteiger partial charge is 0.244 e. The molecule has 2 aromatic rings. The third-order valence-electron chi connectivity index (χ3n) is 3.00. The Morgan fingerprint density at radius 3 is 2.65 bits per heavy atom. The fourth-order valence-corrected chi connectivity index (χ4v) is 4.01. The number of hydrogen-bond acceptors (Lipinski definition) is 5.